The Labute approximate surface area is 115 Å². The second-order valence-corrected chi connectivity index (χ2v) is 5.24. The van der Waals surface area contributed by atoms with Crippen LogP contribution >= 0.6 is 23.2 Å². The molecule has 1 amide bonds. The summed E-state index contributed by atoms with van der Waals surface area (Å²) in [6.45, 7) is 2.27. The zero-order valence-electron chi connectivity index (χ0n) is 9.84. The summed E-state index contributed by atoms with van der Waals surface area (Å²) in [4.78, 5) is 11.9. The van der Waals surface area contributed by atoms with Crippen molar-refractivity contribution in [2.45, 2.75) is 25.5 Å². The van der Waals surface area contributed by atoms with Crippen molar-refractivity contribution >= 4 is 34.8 Å². The average molecular weight is 289 g/mol. The molecule has 0 aromatic heterocycles. The number of aliphatic hydroxyl groups excluding tert-OH is 1. The van der Waals surface area contributed by atoms with Crippen LogP contribution < -0.4 is 10.6 Å². The maximum absolute atomic E-state index is 11.9. The summed E-state index contributed by atoms with van der Waals surface area (Å²) < 4.78 is 0. The van der Waals surface area contributed by atoms with E-state index in [1.54, 1.807) is 12.1 Å². The zero-order valence-corrected chi connectivity index (χ0v) is 11.3. The van der Waals surface area contributed by atoms with Gasteiger partial charge >= 0.3 is 0 Å². The van der Waals surface area contributed by atoms with E-state index in [9.17, 15) is 9.90 Å². The van der Waals surface area contributed by atoms with E-state index in [0.29, 0.717) is 28.7 Å². The number of β-amino-alcohol motifs (C(OH)–C–C–N with tert-alkyl or cyclic N) is 1. The highest BCUT2D eigenvalue weighted by Gasteiger charge is 2.28. The van der Waals surface area contributed by atoms with Crippen LogP contribution in [0.2, 0.25) is 10.0 Å². The maximum atomic E-state index is 11.9. The van der Waals surface area contributed by atoms with Gasteiger partial charge in [0.05, 0.1) is 22.9 Å². The minimum atomic E-state index is -0.474. The first-order chi connectivity index (χ1) is 8.47. The lowest BCUT2D eigenvalue weighted by Gasteiger charge is -2.13. The molecular formula is C12H14Cl2N2O2. The quantitative estimate of drug-likeness (QED) is 0.780. The van der Waals surface area contributed by atoms with Crippen molar-refractivity contribution in [1.82, 2.24) is 5.32 Å². The number of rotatable bonds is 2. The van der Waals surface area contributed by atoms with Gasteiger partial charge in [0.1, 0.15) is 0 Å². The van der Waals surface area contributed by atoms with Crippen LogP contribution in [0.15, 0.2) is 12.1 Å². The Morgan fingerprint density at radius 2 is 2.17 bits per heavy atom. The number of hydrogen-bond acceptors (Lipinski definition) is 3. The molecule has 2 rings (SSSR count). The fourth-order valence-electron chi connectivity index (χ4n) is 1.88. The molecule has 98 valence electrons. The van der Waals surface area contributed by atoms with E-state index < -0.39 is 12.1 Å². The number of carbonyl (C=O) groups excluding carboxylic acids is 1. The van der Waals surface area contributed by atoms with Crippen LogP contribution in [-0.4, -0.2) is 29.7 Å². The van der Waals surface area contributed by atoms with E-state index in [-0.39, 0.29) is 5.91 Å². The predicted molar refractivity (Wildman–Crippen MR) is 72.2 cm³/mol. The third-order valence-corrected chi connectivity index (χ3v) is 3.65. The first-order valence-electron chi connectivity index (χ1n) is 5.65. The van der Waals surface area contributed by atoms with E-state index in [0.717, 1.165) is 5.56 Å². The van der Waals surface area contributed by atoms with Gasteiger partial charge in [0.15, 0.2) is 0 Å². The van der Waals surface area contributed by atoms with E-state index in [1.165, 1.54) is 0 Å². The first-order valence-corrected chi connectivity index (χ1v) is 6.41. The van der Waals surface area contributed by atoms with Crippen LogP contribution in [-0.2, 0) is 4.79 Å². The van der Waals surface area contributed by atoms with Gasteiger partial charge in [0.2, 0.25) is 5.91 Å². The number of nitrogens with one attached hydrogen (secondary N) is 2. The van der Waals surface area contributed by atoms with E-state index in [2.05, 4.69) is 10.6 Å². The van der Waals surface area contributed by atoms with Crippen LogP contribution in [0.1, 0.15) is 12.0 Å². The third kappa shape index (κ3) is 2.95. The van der Waals surface area contributed by atoms with Gasteiger partial charge in [-0.15, -0.1) is 0 Å². The molecule has 18 heavy (non-hydrogen) atoms. The molecule has 2 atom stereocenters. The summed E-state index contributed by atoms with van der Waals surface area (Å²) in [5.74, 6) is -0.214. The Kier molecular flexibility index (Phi) is 4.12. The number of amides is 1. The van der Waals surface area contributed by atoms with Gasteiger partial charge in [-0.1, -0.05) is 23.2 Å². The molecule has 0 aliphatic carbocycles. The lowest BCUT2D eigenvalue weighted by Crippen LogP contribution is -2.35. The molecule has 6 heteroatoms. The van der Waals surface area contributed by atoms with Gasteiger partial charge in [-0.3, -0.25) is 4.79 Å². The second-order valence-electron chi connectivity index (χ2n) is 4.42. The predicted octanol–water partition coefficient (Wildman–Crippen LogP) is 1.96. The Balaban J connectivity index is 2.09. The minimum Gasteiger partial charge on any atom is -0.392 e. The van der Waals surface area contributed by atoms with Gasteiger partial charge in [0, 0.05) is 11.6 Å². The van der Waals surface area contributed by atoms with E-state index in [4.69, 9.17) is 23.2 Å². The third-order valence-electron chi connectivity index (χ3n) is 2.93. The lowest BCUT2D eigenvalue weighted by molar-refractivity contribution is -0.117. The molecule has 1 aromatic rings. The zero-order chi connectivity index (χ0) is 13.3. The number of hydrogen-bond donors (Lipinski definition) is 3. The normalized spacial score (nSPS) is 23.1. The molecular weight excluding hydrogens is 275 g/mol. The molecule has 1 saturated heterocycles. The van der Waals surface area contributed by atoms with Gasteiger partial charge in [0.25, 0.3) is 0 Å². The maximum Gasteiger partial charge on any atom is 0.241 e. The van der Waals surface area contributed by atoms with Crippen molar-refractivity contribution in [2.24, 2.45) is 0 Å². The molecule has 0 saturated carbocycles. The number of aliphatic hydroxyl groups is 1. The molecule has 1 aliphatic heterocycles. The summed E-state index contributed by atoms with van der Waals surface area (Å²) in [6.07, 6.45) is -0.0684. The summed E-state index contributed by atoms with van der Waals surface area (Å²) in [5, 5.41) is 16.0. The molecule has 1 aliphatic rings. The van der Waals surface area contributed by atoms with Crippen LogP contribution in [0, 0.1) is 6.92 Å². The molecule has 1 fully saturated rings. The van der Waals surface area contributed by atoms with Crippen LogP contribution in [0.4, 0.5) is 5.69 Å². The van der Waals surface area contributed by atoms with Crippen molar-refractivity contribution in [1.29, 1.82) is 0 Å². The van der Waals surface area contributed by atoms with Gasteiger partial charge in [-0.05, 0) is 31.0 Å². The Bertz CT molecular complexity index is 479. The van der Waals surface area contributed by atoms with Crippen molar-refractivity contribution in [3.63, 3.8) is 0 Å². The summed E-state index contributed by atoms with van der Waals surface area (Å²) >= 11 is 12.0. The largest absolute Gasteiger partial charge is 0.392 e. The average Bonchev–Trinajstić information content (AvgIpc) is 2.73. The number of anilines is 1. The van der Waals surface area contributed by atoms with Crippen LogP contribution in [0.3, 0.4) is 0 Å². The Morgan fingerprint density at radius 3 is 2.78 bits per heavy atom. The number of carbonyl (C=O) groups is 1. The fraction of sp³-hybridized carbons (Fsp3) is 0.417. The van der Waals surface area contributed by atoms with Crippen molar-refractivity contribution in [3.8, 4) is 0 Å². The van der Waals surface area contributed by atoms with Crippen LogP contribution in [0.5, 0.6) is 0 Å². The summed E-state index contributed by atoms with van der Waals surface area (Å²) in [7, 11) is 0. The molecule has 1 aromatic carbocycles. The van der Waals surface area contributed by atoms with Crippen molar-refractivity contribution in [3.05, 3.63) is 27.7 Å². The highest BCUT2D eigenvalue weighted by Crippen LogP contribution is 2.29. The Hall–Kier alpha value is -0.810. The summed E-state index contributed by atoms with van der Waals surface area (Å²) in [6, 6.07) is 2.94. The monoisotopic (exact) mass is 288 g/mol. The number of benzene rings is 1. The lowest BCUT2D eigenvalue weighted by atomic mass is 10.1. The minimum absolute atomic E-state index is 0.214. The molecule has 4 nitrogen and oxygen atoms in total. The molecule has 0 bridgehead atoms. The topological polar surface area (TPSA) is 61.4 Å². The summed E-state index contributed by atoms with van der Waals surface area (Å²) in [5.41, 5.74) is 1.34. The SMILES string of the molecule is Cc1cc(Cl)c(NC(=O)C2CC(O)CN2)cc1Cl. The highest BCUT2D eigenvalue weighted by molar-refractivity contribution is 6.36. The Morgan fingerprint density at radius 1 is 1.44 bits per heavy atom. The van der Waals surface area contributed by atoms with Crippen molar-refractivity contribution in [2.75, 3.05) is 11.9 Å². The highest BCUT2D eigenvalue weighted by atomic mass is 35.5. The molecule has 0 radical (unpaired) electrons. The fourth-order valence-corrected chi connectivity index (χ4v) is 2.31. The first kappa shape index (κ1) is 13.6. The molecule has 3 N–H and O–H groups in total. The standard InChI is InChI=1S/C12H14Cl2N2O2/c1-6-2-9(14)10(4-8(6)13)16-12(18)11-3-7(17)5-15-11/h2,4,7,11,15,17H,3,5H2,1H3,(H,16,18). The van der Waals surface area contributed by atoms with Gasteiger partial charge in [-0.2, -0.15) is 0 Å². The van der Waals surface area contributed by atoms with Gasteiger partial charge < -0.3 is 15.7 Å². The number of halogens is 2. The van der Waals surface area contributed by atoms with E-state index in [1.807, 2.05) is 6.92 Å². The number of aryl methyl sites for hydroxylation is 1. The smallest absolute Gasteiger partial charge is 0.241 e. The van der Waals surface area contributed by atoms with Gasteiger partial charge in [-0.25, -0.2) is 0 Å². The molecule has 2 unspecified atom stereocenters. The van der Waals surface area contributed by atoms with Crippen molar-refractivity contribution < 1.29 is 9.90 Å². The molecule has 1 heterocycles. The van der Waals surface area contributed by atoms with Crippen LogP contribution in [0.25, 0.3) is 0 Å². The van der Waals surface area contributed by atoms with E-state index >= 15 is 0 Å². The molecule has 0 spiro atoms. The second kappa shape index (κ2) is 5.45.